The van der Waals surface area contributed by atoms with E-state index < -0.39 is 5.54 Å². The molecule has 162 valence electrons. The molecule has 1 atom stereocenters. The molecule has 2 aromatic rings. The van der Waals surface area contributed by atoms with Crippen LogP contribution >= 0.6 is 0 Å². The molecule has 7 nitrogen and oxygen atoms in total. The van der Waals surface area contributed by atoms with E-state index in [1.807, 2.05) is 49.6 Å². The molecule has 0 spiro atoms. The van der Waals surface area contributed by atoms with E-state index in [0.29, 0.717) is 31.9 Å². The zero-order valence-corrected chi connectivity index (χ0v) is 18.2. The highest BCUT2D eigenvalue weighted by Gasteiger charge is 2.48. The number of amides is 2. The average molecular weight is 413 g/mol. The number of nitrogens with zero attached hydrogens (tertiary/aromatic N) is 3. The Bertz CT molecular complexity index is 932. The number of ether oxygens (including phenoxy) is 1. The molecule has 30 heavy (non-hydrogen) atoms. The van der Waals surface area contributed by atoms with Gasteiger partial charge in [-0.2, -0.15) is 0 Å². The molecular formula is C23H32N4O3. The van der Waals surface area contributed by atoms with Crippen LogP contribution in [0.25, 0.3) is 11.0 Å². The SMILES string of the molecule is CC(C)OCCCN1C(=O)c2nc3ccccc3n2CC1(C)C(=O)NC1CCCC1. The van der Waals surface area contributed by atoms with Crippen LogP contribution in [0.2, 0.25) is 0 Å². The van der Waals surface area contributed by atoms with Crippen LogP contribution < -0.4 is 5.32 Å². The van der Waals surface area contributed by atoms with Gasteiger partial charge in [0.2, 0.25) is 5.91 Å². The minimum Gasteiger partial charge on any atom is -0.379 e. The van der Waals surface area contributed by atoms with E-state index in [1.165, 1.54) is 0 Å². The first-order valence-electron chi connectivity index (χ1n) is 11.1. The minimum absolute atomic E-state index is 0.0732. The fraction of sp³-hybridized carbons (Fsp3) is 0.609. The highest BCUT2D eigenvalue weighted by molar-refractivity contribution is 6.01. The summed E-state index contributed by atoms with van der Waals surface area (Å²) in [5, 5.41) is 3.22. The molecule has 1 saturated carbocycles. The Balaban J connectivity index is 1.64. The summed E-state index contributed by atoms with van der Waals surface area (Å²) in [6, 6.07) is 7.92. The van der Waals surface area contributed by atoms with Crippen LogP contribution in [0.1, 0.15) is 63.5 Å². The predicted molar refractivity (Wildman–Crippen MR) is 115 cm³/mol. The number of hydrogen-bond acceptors (Lipinski definition) is 4. The van der Waals surface area contributed by atoms with Crippen molar-refractivity contribution in [1.29, 1.82) is 0 Å². The second-order valence-corrected chi connectivity index (χ2v) is 8.97. The lowest BCUT2D eigenvalue weighted by molar-refractivity contribution is -0.133. The molecule has 7 heteroatoms. The number of para-hydroxylation sites is 2. The molecule has 1 aliphatic heterocycles. The third kappa shape index (κ3) is 3.83. The molecule has 0 saturated heterocycles. The Morgan fingerprint density at radius 2 is 2.03 bits per heavy atom. The van der Waals surface area contributed by atoms with Crippen LogP contribution in [-0.2, 0) is 16.1 Å². The van der Waals surface area contributed by atoms with Crippen molar-refractivity contribution in [3.63, 3.8) is 0 Å². The average Bonchev–Trinajstić information content (AvgIpc) is 3.35. The van der Waals surface area contributed by atoms with Gasteiger partial charge in [0.15, 0.2) is 5.82 Å². The number of carbonyl (C=O) groups excluding carboxylic acids is 2. The summed E-state index contributed by atoms with van der Waals surface area (Å²) in [5.74, 6) is 0.147. The van der Waals surface area contributed by atoms with Crippen molar-refractivity contribution in [3.05, 3.63) is 30.1 Å². The maximum Gasteiger partial charge on any atom is 0.290 e. The van der Waals surface area contributed by atoms with Crippen LogP contribution in [-0.4, -0.2) is 57.1 Å². The Kier molecular flexibility index (Phi) is 5.82. The molecule has 2 heterocycles. The molecule has 1 aromatic carbocycles. The van der Waals surface area contributed by atoms with Gasteiger partial charge < -0.3 is 19.5 Å². The number of aromatic nitrogens is 2. The Morgan fingerprint density at radius 3 is 2.77 bits per heavy atom. The first-order chi connectivity index (χ1) is 14.4. The summed E-state index contributed by atoms with van der Waals surface area (Å²) in [5.41, 5.74) is 0.710. The summed E-state index contributed by atoms with van der Waals surface area (Å²) in [6.07, 6.45) is 5.13. The lowest BCUT2D eigenvalue weighted by Gasteiger charge is -2.44. The summed E-state index contributed by atoms with van der Waals surface area (Å²) in [4.78, 5) is 33.3. The van der Waals surface area contributed by atoms with Gasteiger partial charge in [-0.05, 0) is 52.2 Å². The molecular weight excluding hydrogens is 380 g/mol. The van der Waals surface area contributed by atoms with Gasteiger partial charge in [-0.1, -0.05) is 25.0 Å². The van der Waals surface area contributed by atoms with Crippen molar-refractivity contribution in [1.82, 2.24) is 19.8 Å². The molecule has 2 aliphatic rings. The van der Waals surface area contributed by atoms with E-state index in [1.54, 1.807) is 4.90 Å². The molecule has 2 amide bonds. The molecule has 1 unspecified atom stereocenters. The van der Waals surface area contributed by atoms with Crippen molar-refractivity contribution >= 4 is 22.8 Å². The van der Waals surface area contributed by atoms with Crippen LogP contribution in [0.4, 0.5) is 0 Å². The number of rotatable bonds is 7. The van der Waals surface area contributed by atoms with E-state index in [4.69, 9.17) is 4.74 Å². The molecule has 1 N–H and O–H groups in total. The number of imidazole rings is 1. The number of nitrogens with one attached hydrogen (secondary N) is 1. The maximum absolute atomic E-state index is 13.5. The number of fused-ring (bicyclic) bond motifs is 3. The van der Waals surface area contributed by atoms with Gasteiger partial charge in [0.05, 0.1) is 23.7 Å². The van der Waals surface area contributed by atoms with Crippen LogP contribution in [0, 0.1) is 0 Å². The Hall–Kier alpha value is -2.41. The normalized spacial score (nSPS) is 22.1. The predicted octanol–water partition coefficient (Wildman–Crippen LogP) is 3.12. The van der Waals surface area contributed by atoms with E-state index >= 15 is 0 Å². The second-order valence-electron chi connectivity index (χ2n) is 8.97. The lowest BCUT2D eigenvalue weighted by Crippen LogP contribution is -2.65. The Labute approximate surface area is 177 Å². The van der Waals surface area contributed by atoms with Crippen molar-refractivity contribution in [2.75, 3.05) is 13.2 Å². The van der Waals surface area contributed by atoms with E-state index in [9.17, 15) is 9.59 Å². The highest BCUT2D eigenvalue weighted by atomic mass is 16.5. The largest absolute Gasteiger partial charge is 0.379 e. The first kappa shape index (κ1) is 20.8. The second kappa shape index (κ2) is 8.38. The van der Waals surface area contributed by atoms with Crippen LogP contribution in [0.15, 0.2) is 24.3 Å². The number of hydrogen-bond donors (Lipinski definition) is 1. The molecule has 1 aliphatic carbocycles. The molecule has 1 aromatic heterocycles. The fourth-order valence-electron chi connectivity index (χ4n) is 4.63. The minimum atomic E-state index is -0.964. The monoisotopic (exact) mass is 412 g/mol. The van der Waals surface area contributed by atoms with Crippen molar-refractivity contribution in [2.45, 2.75) is 77.1 Å². The molecule has 1 fully saturated rings. The number of benzene rings is 1. The molecule has 0 radical (unpaired) electrons. The third-order valence-corrected chi connectivity index (χ3v) is 6.31. The zero-order chi connectivity index (χ0) is 21.3. The smallest absolute Gasteiger partial charge is 0.290 e. The van der Waals surface area contributed by atoms with E-state index in [-0.39, 0.29) is 24.0 Å². The van der Waals surface area contributed by atoms with E-state index in [0.717, 1.165) is 36.7 Å². The third-order valence-electron chi connectivity index (χ3n) is 6.31. The van der Waals surface area contributed by atoms with Gasteiger partial charge >= 0.3 is 0 Å². The molecule has 0 bridgehead atoms. The van der Waals surface area contributed by atoms with Gasteiger partial charge in [-0.25, -0.2) is 4.98 Å². The lowest BCUT2D eigenvalue weighted by atomic mass is 9.94. The summed E-state index contributed by atoms with van der Waals surface area (Å²) >= 11 is 0. The number of carbonyl (C=O) groups is 2. The molecule has 4 rings (SSSR count). The maximum atomic E-state index is 13.5. The van der Waals surface area contributed by atoms with Gasteiger partial charge in [-0.3, -0.25) is 9.59 Å². The Morgan fingerprint density at radius 1 is 1.30 bits per heavy atom. The zero-order valence-electron chi connectivity index (χ0n) is 18.2. The standard InChI is InChI=1S/C23H32N4O3/c1-16(2)30-14-8-13-27-21(28)20-25-18-11-6-7-12-19(18)26(20)15-23(27,3)22(29)24-17-9-4-5-10-17/h6-7,11-12,16-17H,4-5,8-10,13-15H2,1-3H3,(H,24,29). The van der Waals surface area contributed by atoms with Crippen molar-refractivity contribution in [2.24, 2.45) is 0 Å². The van der Waals surface area contributed by atoms with Crippen molar-refractivity contribution in [3.8, 4) is 0 Å². The van der Waals surface area contributed by atoms with Crippen LogP contribution in [0.5, 0.6) is 0 Å². The summed E-state index contributed by atoms with van der Waals surface area (Å²) in [7, 11) is 0. The quantitative estimate of drug-likeness (QED) is 0.709. The van der Waals surface area contributed by atoms with Gasteiger partial charge in [0.25, 0.3) is 5.91 Å². The summed E-state index contributed by atoms with van der Waals surface area (Å²) in [6.45, 7) is 7.29. The van der Waals surface area contributed by atoms with Gasteiger partial charge in [0, 0.05) is 19.2 Å². The van der Waals surface area contributed by atoms with Gasteiger partial charge in [-0.15, -0.1) is 0 Å². The fourth-order valence-corrected chi connectivity index (χ4v) is 4.63. The highest BCUT2D eigenvalue weighted by Crippen LogP contribution is 2.31. The first-order valence-corrected chi connectivity index (χ1v) is 11.1. The summed E-state index contributed by atoms with van der Waals surface area (Å²) < 4.78 is 7.57. The van der Waals surface area contributed by atoms with E-state index in [2.05, 4.69) is 10.3 Å². The van der Waals surface area contributed by atoms with Gasteiger partial charge in [0.1, 0.15) is 5.54 Å². The van der Waals surface area contributed by atoms with Crippen LogP contribution in [0.3, 0.4) is 0 Å². The topological polar surface area (TPSA) is 76.5 Å². The van der Waals surface area contributed by atoms with Crippen molar-refractivity contribution < 1.29 is 14.3 Å².